The molecule has 208 valence electrons. The number of fused-ring (bicyclic) bond motifs is 1. The number of hydrogen-bond acceptors (Lipinski definition) is 2. The number of rotatable bonds is 20. The fraction of sp³-hybridized carbons (Fsp3) is 0.633. The minimum atomic E-state index is -4.49. The maximum absolute atomic E-state index is 13.7. The fourth-order valence-corrected chi connectivity index (χ4v) is 4.74. The molecule has 0 bridgehead atoms. The van der Waals surface area contributed by atoms with Crippen molar-refractivity contribution in [3.8, 4) is 0 Å². The van der Waals surface area contributed by atoms with E-state index in [0.29, 0.717) is 12.0 Å². The number of allylic oxidation sites excluding steroid dienone is 2. The van der Waals surface area contributed by atoms with E-state index in [1.165, 1.54) is 38.5 Å². The van der Waals surface area contributed by atoms with Crippen LogP contribution in [0.15, 0.2) is 42.6 Å². The molecule has 1 heterocycles. The average molecular weight is 523 g/mol. The number of H-pyrrole nitrogens is 1. The Hall–Kier alpha value is -2.28. The number of halogens is 3. The zero-order valence-electron chi connectivity index (χ0n) is 22.3. The van der Waals surface area contributed by atoms with Gasteiger partial charge >= 0.3 is 12.1 Å². The van der Waals surface area contributed by atoms with Crippen LogP contribution in [-0.2, 0) is 11.2 Å². The standard InChI is InChI=1S/C30H45F3N2O2/c1-2-3-4-5-6-7-8-9-10-11-12-13-14-15-16-21-28(30(31,32)33)35-27(29(36)37)22-24-23-34-26-20-18-17-19-25(24)26/h7-8,17-20,23,27-28,34-35H,2-6,9-16,21-22H2,1H3,(H,36,37)/b8-7+. The minimum Gasteiger partial charge on any atom is -0.480 e. The Morgan fingerprint density at radius 3 is 2.16 bits per heavy atom. The van der Waals surface area contributed by atoms with Crippen molar-refractivity contribution in [2.24, 2.45) is 0 Å². The Kier molecular flexibility index (Phi) is 14.4. The molecule has 2 aromatic rings. The van der Waals surface area contributed by atoms with Gasteiger partial charge in [-0.1, -0.05) is 95.1 Å². The van der Waals surface area contributed by atoms with Gasteiger partial charge in [-0.2, -0.15) is 13.2 Å². The third kappa shape index (κ3) is 12.2. The molecule has 0 amide bonds. The van der Waals surface area contributed by atoms with Gasteiger partial charge in [0, 0.05) is 23.5 Å². The maximum Gasteiger partial charge on any atom is 0.403 e. The number of alkyl halides is 3. The zero-order chi connectivity index (χ0) is 26.9. The summed E-state index contributed by atoms with van der Waals surface area (Å²) in [5, 5.41) is 12.9. The van der Waals surface area contributed by atoms with Crippen molar-refractivity contribution in [1.29, 1.82) is 0 Å². The summed E-state index contributed by atoms with van der Waals surface area (Å²) in [6, 6.07) is 4.24. The van der Waals surface area contributed by atoms with Crippen LogP contribution in [0.5, 0.6) is 0 Å². The van der Waals surface area contributed by atoms with Crippen LogP contribution >= 0.6 is 0 Å². The summed E-state index contributed by atoms with van der Waals surface area (Å²) >= 11 is 0. The van der Waals surface area contributed by atoms with E-state index in [0.717, 1.165) is 49.4 Å². The van der Waals surface area contributed by atoms with Gasteiger partial charge in [0.15, 0.2) is 0 Å². The summed E-state index contributed by atoms with van der Waals surface area (Å²) in [5.74, 6) is -1.27. The van der Waals surface area contributed by atoms with E-state index in [9.17, 15) is 23.1 Å². The van der Waals surface area contributed by atoms with E-state index in [1.54, 1.807) is 6.20 Å². The lowest BCUT2D eigenvalue weighted by Crippen LogP contribution is -2.51. The number of aromatic nitrogens is 1. The monoisotopic (exact) mass is 522 g/mol. The van der Waals surface area contributed by atoms with Gasteiger partial charge in [-0.15, -0.1) is 0 Å². The van der Waals surface area contributed by atoms with Gasteiger partial charge in [0.1, 0.15) is 12.1 Å². The number of carbonyl (C=O) groups is 1. The van der Waals surface area contributed by atoms with E-state index in [-0.39, 0.29) is 12.8 Å². The summed E-state index contributed by atoms with van der Waals surface area (Å²) in [4.78, 5) is 14.8. The topological polar surface area (TPSA) is 65.1 Å². The summed E-state index contributed by atoms with van der Waals surface area (Å²) < 4.78 is 41.1. The van der Waals surface area contributed by atoms with Crippen molar-refractivity contribution in [3.63, 3.8) is 0 Å². The van der Waals surface area contributed by atoms with Crippen molar-refractivity contribution in [1.82, 2.24) is 10.3 Å². The van der Waals surface area contributed by atoms with Crippen molar-refractivity contribution in [2.75, 3.05) is 0 Å². The van der Waals surface area contributed by atoms with Crippen LogP contribution in [0.3, 0.4) is 0 Å². The highest BCUT2D eigenvalue weighted by atomic mass is 19.4. The fourth-order valence-electron chi connectivity index (χ4n) is 4.74. The molecule has 0 aliphatic carbocycles. The van der Waals surface area contributed by atoms with Crippen LogP contribution < -0.4 is 5.32 Å². The Morgan fingerprint density at radius 2 is 1.54 bits per heavy atom. The minimum absolute atomic E-state index is 0.0139. The third-order valence-corrected chi connectivity index (χ3v) is 6.95. The highest BCUT2D eigenvalue weighted by molar-refractivity contribution is 5.84. The first-order chi connectivity index (χ1) is 17.8. The smallest absolute Gasteiger partial charge is 0.403 e. The molecule has 0 saturated heterocycles. The van der Waals surface area contributed by atoms with Gasteiger partial charge in [0.05, 0.1) is 0 Å². The molecule has 0 radical (unpaired) electrons. The quantitative estimate of drug-likeness (QED) is 0.120. The number of carboxylic acids is 1. The number of para-hydroxylation sites is 1. The lowest BCUT2D eigenvalue weighted by molar-refractivity contribution is -0.163. The van der Waals surface area contributed by atoms with E-state index in [4.69, 9.17) is 0 Å². The predicted molar refractivity (Wildman–Crippen MR) is 146 cm³/mol. The van der Waals surface area contributed by atoms with E-state index in [2.05, 4.69) is 29.4 Å². The van der Waals surface area contributed by atoms with Gasteiger partial charge in [-0.3, -0.25) is 10.1 Å². The van der Waals surface area contributed by atoms with E-state index < -0.39 is 24.2 Å². The number of hydrogen-bond donors (Lipinski definition) is 3. The Balaban J connectivity index is 1.66. The maximum atomic E-state index is 13.7. The number of aliphatic carboxylic acids is 1. The number of nitrogens with one attached hydrogen (secondary N) is 2. The van der Waals surface area contributed by atoms with Crippen LogP contribution in [0.2, 0.25) is 0 Å². The molecule has 0 aliphatic rings. The van der Waals surface area contributed by atoms with Crippen molar-refractivity contribution in [2.45, 2.75) is 121 Å². The van der Waals surface area contributed by atoms with Crippen molar-refractivity contribution < 1.29 is 23.1 Å². The Labute approximate surface area is 220 Å². The second kappa shape index (κ2) is 17.3. The second-order valence-corrected chi connectivity index (χ2v) is 10.1. The SMILES string of the molecule is CCCCCC/C=C/CCCCCCCCCC(NC(Cc1c[nH]c2ccccc12)C(=O)O)C(F)(F)F. The first kappa shape index (κ1) is 30.9. The van der Waals surface area contributed by atoms with Crippen LogP contribution in [0, 0.1) is 0 Å². The third-order valence-electron chi connectivity index (χ3n) is 6.95. The first-order valence-corrected chi connectivity index (χ1v) is 14.1. The molecular formula is C30H45F3N2O2. The van der Waals surface area contributed by atoms with Crippen LogP contribution in [0.4, 0.5) is 13.2 Å². The highest BCUT2D eigenvalue weighted by Gasteiger charge is 2.41. The molecule has 0 spiro atoms. The molecule has 37 heavy (non-hydrogen) atoms. The molecule has 0 fully saturated rings. The summed E-state index contributed by atoms with van der Waals surface area (Å²) in [7, 11) is 0. The molecule has 2 rings (SSSR count). The summed E-state index contributed by atoms with van der Waals surface area (Å²) in [6.07, 6.45) is 15.6. The number of aromatic amines is 1. The van der Waals surface area contributed by atoms with Crippen LogP contribution in [0.1, 0.15) is 102 Å². The zero-order valence-corrected chi connectivity index (χ0v) is 22.3. The molecule has 0 aliphatic heterocycles. The number of carboxylic acid groups (broad SMARTS) is 1. The Bertz CT molecular complexity index is 923. The van der Waals surface area contributed by atoms with Crippen LogP contribution in [0.25, 0.3) is 10.9 Å². The van der Waals surface area contributed by atoms with Crippen molar-refractivity contribution >= 4 is 16.9 Å². The molecule has 3 N–H and O–H groups in total. The molecule has 0 saturated carbocycles. The molecule has 1 aromatic carbocycles. The summed E-state index contributed by atoms with van der Waals surface area (Å²) in [5.41, 5.74) is 1.53. The molecular weight excluding hydrogens is 477 g/mol. The normalized spacial score (nSPS) is 13.9. The lowest BCUT2D eigenvalue weighted by atomic mass is 10.0. The summed E-state index contributed by atoms with van der Waals surface area (Å²) in [6.45, 7) is 2.22. The lowest BCUT2D eigenvalue weighted by Gasteiger charge is -2.25. The van der Waals surface area contributed by atoms with Gasteiger partial charge in [-0.05, 0) is 43.7 Å². The highest BCUT2D eigenvalue weighted by Crippen LogP contribution is 2.26. The van der Waals surface area contributed by atoms with Gasteiger partial charge in [0.2, 0.25) is 0 Å². The molecule has 2 unspecified atom stereocenters. The van der Waals surface area contributed by atoms with Gasteiger partial charge < -0.3 is 10.1 Å². The van der Waals surface area contributed by atoms with Gasteiger partial charge in [0.25, 0.3) is 0 Å². The van der Waals surface area contributed by atoms with E-state index in [1.807, 2.05) is 24.3 Å². The second-order valence-electron chi connectivity index (χ2n) is 10.1. The molecule has 7 heteroatoms. The average Bonchev–Trinajstić information content (AvgIpc) is 3.27. The number of benzene rings is 1. The molecule has 2 atom stereocenters. The van der Waals surface area contributed by atoms with Gasteiger partial charge in [-0.25, -0.2) is 0 Å². The van der Waals surface area contributed by atoms with Crippen LogP contribution in [-0.4, -0.2) is 34.3 Å². The number of unbranched alkanes of at least 4 members (excludes halogenated alkanes) is 11. The molecule has 4 nitrogen and oxygen atoms in total. The predicted octanol–water partition coefficient (Wildman–Crippen LogP) is 8.72. The van der Waals surface area contributed by atoms with Crippen molar-refractivity contribution in [3.05, 3.63) is 48.2 Å². The molecule has 1 aromatic heterocycles. The largest absolute Gasteiger partial charge is 0.480 e. The van der Waals surface area contributed by atoms with E-state index >= 15 is 0 Å². The Morgan fingerprint density at radius 1 is 0.946 bits per heavy atom. The first-order valence-electron chi connectivity index (χ1n) is 14.1.